The number of piperazine rings is 1. The van der Waals surface area contributed by atoms with E-state index in [1.165, 1.54) is 30.4 Å². The summed E-state index contributed by atoms with van der Waals surface area (Å²) in [6.45, 7) is 13.5. The Hall–Kier alpha value is -3.15. The van der Waals surface area contributed by atoms with Crippen LogP contribution in [0, 0.1) is 12.7 Å². The van der Waals surface area contributed by atoms with E-state index in [2.05, 4.69) is 83.0 Å². The molecule has 3 aromatic carbocycles. The standard InChI is InChI=1S/C32H39FN4/c1-24-8-7-9-27(20-24)25(2)34-31-22-28(11-13-32(31)37-18-16-35(3)17-19-37)29-21-26(10-12-30(29)33)23-36-14-5-4-6-15-36/h7-13,20-22,34H,2,4-6,14-19,23H2,1,3H3. The first kappa shape index (κ1) is 25.5. The van der Waals surface area contributed by atoms with Crippen molar-refractivity contribution >= 4 is 17.1 Å². The van der Waals surface area contributed by atoms with Crippen LogP contribution in [-0.2, 0) is 6.54 Å². The number of likely N-dealkylation sites (N-methyl/N-ethyl adjacent to an activating group) is 1. The maximum absolute atomic E-state index is 15.2. The molecule has 0 unspecified atom stereocenters. The van der Waals surface area contributed by atoms with E-state index in [0.29, 0.717) is 5.56 Å². The van der Waals surface area contributed by atoms with E-state index in [-0.39, 0.29) is 5.82 Å². The SMILES string of the molecule is C=C(Nc1cc(-c2cc(CN3CCCCC3)ccc2F)ccc1N1CCN(C)CC1)c1cccc(C)c1. The molecule has 2 saturated heterocycles. The molecule has 5 heteroatoms. The smallest absolute Gasteiger partial charge is 0.131 e. The number of nitrogens with one attached hydrogen (secondary N) is 1. The minimum absolute atomic E-state index is 0.182. The van der Waals surface area contributed by atoms with Crippen molar-refractivity contribution in [3.8, 4) is 11.1 Å². The number of nitrogens with zero attached hydrogens (tertiary/aromatic N) is 3. The maximum atomic E-state index is 15.2. The first-order chi connectivity index (χ1) is 18.0. The number of benzene rings is 3. The lowest BCUT2D eigenvalue weighted by Gasteiger charge is -2.35. The molecule has 5 rings (SSSR count). The highest BCUT2D eigenvalue weighted by atomic mass is 19.1. The maximum Gasteiger partial charge on any atom is 0.131 e. The number of rotatable bonds is 7. The monoisotopic (exact) mass is 498 g/mol. The molecule has 2 aliphatic heterocycles. The van der Waals surface area contributed by atoms with Crippen LogP contribution in [0.25, 0.3) is 16.8 Å². The molecule has 0 atom stereocenters. The molecule has 2 aliphatic rings. The fraction of sp³-hybridized carbons (Fsp3) is 0.375. The molecule has 2 heterocycles. The van der Waals surface area contributed by atoms with Gasteiger partial charge in [0, 0.05) is 44.0 Å². The third kappa shape index (κ3) is 6.23. The van der Waals surface area contributed by atoms with Crippen molar-refractivity contribution in [2.45, 2.75) is 32.7 Å². The van der Waals surface area contributed by atoms with E-state index in [1.54, 1.807) is 6.07 Å². The number of likely N-dealkylation sites (tertiary alicyclic amines) is 1. The third-order valence-electron chi connectivity index (χ3n) is 7.69. The average molecular weight is 499 g/mol. The van der Waals surface area contributed by atoms with Crippen molar-refractivity contribution in [1.82, 2.24) is 9.80 Å². The minimum Gasteiger partial charge on any atom is -0.367 e. The van der Waals surface area contributed by atoms with Crippen LogP contribution in [0.4, 0.5) is 15.8 Å². The summed E-state index contributed by atoms with van der Waals surface area (Å²) in [5.74, 6) is -0.182. The zero-order valence-electron chi connectivity index (χ0n) is 22.3. The Morgan fingerprint density at radius 2 is 1.68 bits per heavy atom. The predicted octanol–water partition coefficient (Wildman–Crippen LogP) is 6.62. The van der Waals surface area contributed by atoms with Gasteiger partial charge in [-0.05, 0) is 86.9 Å². The molecule has 2 fully saturated rings. The van der Waals surface area contributed by atoms with Gasteiger partial charge in [0.25, 0.3) is 0 Å². The van der Waals surface area contributed by atoms with Gasteiger partial charge in [-0.2, -0.15) is 0 Å². The van der Waals surface area contributed by atoms with Crippen molar-refractivity contribution in [2.75, 3.05) is 56.5 Å². The average Bonchev–Trinajstić information content (AvgIpc) is 2.91. The fourth-order valence-electron chi connectivity index (χ4n) is 5.46. The second-order valence-corrected chi connectivity index (χ2v) is 10.6. The zero-order chi connectivity index (χ0) is 25.8. The highest BCUT2D eigenvalue weighted by Gasteiger charge is 2.19. The Morgan fingerprint density at radius 1 is 0.892 bits per heavy atom. The van der Waals surface area contributed by atoms with Crippen LogP contribution >= 0.6 is 0 Å². The molecular weight excluding hydrogens is 459 g/mol. The van der Waals surface area contributed by atoms with Crippen LogP contribution in [0.1, 0.15) is 36.0 Å². The first-order valence-corrected chi connectivity index (χ1v) is 13.6. The Kier molecular flexibility index (Phi) is 7.92. The Bertz CT molecular complexity index is 1240. The zero-order valence-corrected chi connectivity index (χ0v) is 22.3. The molecule has 194 valence electrons. The van der Waals surface area contributed by atoms with Crippen molar-refractivity contribution < 1.29 is 4.39 Å². The van der Waals surface area contributed by atoms with Gasteiger partial charge in [0.05, 0.1) is 11.4 Å². The lowest BCUT2D eigenvalue weighted by atomic mass is 9.99. The predicted molar refractivity (Wildman–Crippen MR) is 155 cm³/mol. The molecule has 4 nitrogen and oxygen atoms in total. The van der Waals surface area contributed by atoms with Crippen LogP contribution in [0.2, 0.25) is 0 Å². The van der Waals surface area contributed by atoms with Gasteiger partial charge < -0.3 is 15.1 Å². The number of hydrogen-bond acceptors (Lipinski definition) is 4. The second kappa shape index (κ2) is 11.5. The molecule has 0 bridgehead atoms. The first-order valence-electron chi connectivity index (χ1n) is 13.6. The topological polar surface area (TPSA) is 21.8 Å². The van der Waals surface area contributed by atoms with E-state index in [9.17, 15) is 0 Å². The summed E-state index contributed by atoms with van der Waals surface area (Å²) in [6.07, 6.45) is 3.82. The summed E-state index contributed by atoms with van der Waals surface area (Å²) < 4.78 is 15.2. The number of aryl methyl sites for hydroxylation is 1. The third-order valence-corrected chi connectivity index (χ3v) is 7.69. The number of piperidine rings is 1. The molecule has 1 N–H and O–H groups in total. The summed E-state index contributed by atoms with van der Waals surface area (Å²) in [5.41, 5.74) is 7.91. The normalized spacial score (nSPS) is 17.1. The van der Waals surface area contributed by atoms with Gasteiger partial charge in [0.1, 0.15) is 5.82 Å². The summed E-state index contributed by atoms with van der Waals surface area (Å²) in [6, 6.07) is 20.3. The lowest BCUT2D eigenvalue weighted by Crippen LogP contribution is -2.44. The van der Waals surface area contributed by atoms with Gasteiger partial charge in [-0.1, -0.05) is 48.9 Å². The highest BCUT2D eigenvalue weighted by molar-refractivity contribution is 5.86. The van der Waals surface area contributed by atoms with Crippen molar-refractivity contribution in [2.24, 2.45) is 0 Å². The van der Waals surface area contributed by atoms with E-state index in [4.69, 9.17) is 0 Å². The Labute approximate surface area is 221 Å². The van der Waals surface area contributed by atoms with Gasteiger partial charge in [-0.25, -0.2) is 4.39 Å². The molecular formula is C32H39FN4. The van der Waals surface area contributed by atoms with Crippen LogP contribution in [-0.4, -0.2) is 56.1 Å². The Morgan fingerprint density at radius 3 is 2.43 bits per heavy atom. The summed E-state index contributed by atoms with van der Waals surface area (Å²) in [7, 11) is 2.17. The van der Waals surface area contributed by atoms with E-state index >= 15 is 4.39 Å². The van der Waals surface area contributed by atoms with Crippen LogP contribution < -0.4 is 10.2 Å². The molecule has 0 spiro atoms. The van der Waals surface area contributed by atoms with Gasteiger partial charge in [-0.15, -0.1) is 0 Å². The van der Waals surface area contributed by atoms with Gasteiger partial charge in [0.15, 0.2) is 0 Å². The van der Waals surface area contributed by atoms with E-state index < -0.39 is 0 Å². The summed E-state index contributed by atoms with van der Waals surface area (Å²) >= 11 is 0. The molecule has 0 radical (unpaired) electrons. The van der Waals surface area contributed by atoms with Crippen molar-refractivity contribution in [1.29, 1.82) is 0 Å². The van der Waals surface area contributed by atoms with Crippen LogP contribution in [0.5, 0.6) is 0 Å². The molecule has 0 saturated carbocycles. The van der Waals surface area contributed by atoms with Crippen LogP contribution in [0.15, 0.2) is 67.2 Å². The molecule has 37 heavy (non-hydrogen) atoms. The summed E-state index contributed by atoms with van der Waals surface area (Å²) in [4.78, 5) is 7.25. The van der Waals surface area contributed by atoms with Gasteiger partial charge in [0.2, 0.25) is 0 Å². The van der Waals surface area contributed by atoms with Gasteiger partial charge in [-0.3, -0.25) is 4.90 Å². The van der Waals surface area contributed by atoms with E-state index in [0.717, 1.165) is 74.0 Å². The largest absolute Gasteiger partial charge is 0.367 e. The highest BCUT2D eigenvalue weighted by Crippen LogP contribution is 2.35. The quantitative estimate of drug-likeness (QED) is 0.395. The molecule has 0 amide bonds. The number of hydrogen-bond donors (Lipinski definition) is 1. The lowest BCUT2D eigenvalue weighted by molar-refractivity contribution is 0.221. The Balaban J connectivity index is 1.47. The fourth-order valence-corrected chi connectivity index (χ4v) is 5.46. The van der Waals surface area contributed by atoms with Gasteiger partial charge >= 0.3 is 0 Å². The van der Waals surface area contributed by atoms with Crippen molar-refractivity contribution in [3.63, 3.8) is 0 Å². The molecule has 0 aliphatic carbocycles. The number of anilines is 2. The van der Waals surface area contributed by atoms with E-state index in [1.807, 2.05) is 12.1 Å². The second-order valence-electron chi connectivity index (χ2n) is 10.6. The molecule has 0 aromatic heterocycles. The minimum atomic E-state index is -0.182. The summed E-state index contributed by atoms with van der Waals surface area (Å²) in [5, 5.41) is 3.59. The van der Waals surface area contributed by atoms with Crippen LogP contribution in [0.3, 0.4) is 0 Å². The number of halogens is 1. The molecule has 3 aromatic rings. The van der Waals surface area contributed by atoms with Crippen molar-refractivity contribution in [3.05, 3.63) is 89.8 Å².